The summed E-state index contributed by atoms with van der Waals surface area (Å²) in [5.74, 6) is 0. The predicted molar refractivity (Wildman–Crippen MR) is 174 cm³/mol. The van der Waals surface area contributed by atoms with Gasteiger partial charge in [-0.05, 0) is 64.0 Å². The van der Waals surface area contributed by atoms with Crippen molar-refractivity contribution in [1.82, 2.24) is 9.62 Å². The molecule has 2 rings (SSSR count). The van der Waals surface area contributed by atoms with Crippen LogP contribution in [0.4, 0.5) is 0 Å². The molecule has 1 atom stereocenters. The molecule has 226 valence electrons. The van der Waals surface area contributed by atoms with E-state index < -0.39 is 20.0 Å². The lowest BCUT2D eigenvalue weighted by molar-refractivity contribution is 0.385. The molecule has 1 N–H and O–H groups in total. The highest BCUT2D eigenvalue weighted by Gasteiger charge is 2.38. The maximum Gasteiger partial charge on any atom is 0.291 e. The Morgan fingerprint density at radius 2 is 1.39 bits per heavy atom. The van der Waals surface area contributed by atoms with Gasteiger partial charge < -0.3 is 5.32 Å². The quantitative estimate of drug-likeness (QED) is 0.106. The second-order valence-electron chi connectivity index (χ2n) is 9.46. The molecule has 0 radical (unpaired) electrons. The first-order chi connectivity index (χ1) is 19.7. The van der Waals surface area contributed by atoms with Crippen LogP contribution in [0.3, 0.4) is 0 Å². The Hall–Kier alpha value is -2.37. The Labute approximate surface area is 252 Å². The lowest BCUT2D eigenvalue weighted by Gasteiger charge is -2.29. The fourth-order valence-corrected chi connectivity index (χ4v) is 8.49. The van der Waals surface area contributed by atoms with Crippen molar-refractivity contribution < 1.29 is 16.8 Å². The number of hydrogen-bond acceptors (Lipinski definition) is 6. The van der Waals surface area contributed by atoms with E-state index in [0.717, 1.165) is 49.9 Å². The maximum absolute atomic E-state index is 12.8. The minimum atomic E-state index is -3.96. The highest BCUT2D eigenvalue weighted by atomic mass is 32.3. The lowest BCUT2D eigenvalue weighted by Crippen LogP contribution is -2.40. The average Bonchev–Trinajstić information content (AvgIpc) is 3.41. The number of sulfonamides is 2. The molecule has 1 aliphatic heterocycles. The molecule has 1 aliphatic rings. The van der Waals surface area contributed by atoms with Gasteiger partial charge in [0.2, 0.25) is 0 Å². The van der Waals surface area contributed by atoms with E-state index in [9.17, 15) is 16.8 Å². The van der Waals surface area contributed by atoms with Crippen molar-refractivity contribution in [2.45, 2.75) is 79.7 Å². The number of nitrogens with zero attached hydrogens (tertiary/aromatic N) is 2. The molecule has 0 fully saturated rings. The third-order valence-corrected chi connectivity index (χ3v) is 11.4. The zero-order valence-corrected chi connectivity index (χ0v) is 26.9. The fraction of sp³-hybridized carbons (Fsp3) is 0.452. The molecule has 0 saturated heterocycles. The van der Waals surface area contributed by atoms with Gasteiger partial charge in [0.15, 0.2) is 0 Å². The number of likely N-dealkylation sites (N-methyl/N-ethyl adjacent to an activating group) is 2. The summed E-state index contributed by atoms with van der Waals surface area (Å²) in [5, 5.41) is 3.23. The number of rotatable bonds is 18. The zero-order valence-electron chi connectivity index (χ0n) is 24.5. The molecule has 1 aromatic rings. The van der Waals surface area contributed by atoms with Crippen LogP contribution in [0.2, 0.25) is 0 Å². The Bertz CT molecular complexity index is 1350. The van der Waals surface area contributed by atoms with Gasteiger partial charge in [-0.15, -0.1) is 11.3 Å². The Balaban J connectivity index is 1.68. The second kappa shape index (κ2) is 18.9. The number of fused-ring (bicyclic) bond motifs is 1. The second-order valence-corrected chi connectivity index (χ2v) is 14.6. The Kier molecular flexibility index (Phi) is 16.1. The van der Waals surface area contributed by atoms with Crippen molar-refractivity contribution in [2.24, 2.45) is 4.40 Å². The van der Waals surface area contributed by atoms with Gasteiger partial charge in [0.25, 0.3) is 20.0 Å². The molecule has 0 spiro atoms. The van der Waals surface area contributed by atoms with Crippen molar-refractivity contribution in [2.75, 3.05) is 20.1 Å². The van der Waals surface area contributed by atoms with Crippen molar-refractivity contribution in [3.63, 3.8) is 0 Å². The van der Waals surface area contributed by atoms with Gasteiger partial charge in [0.1, 0.15) is 8.42 Å². The maximum atomic E-state index is 12.8. The minimum absolute atomic E-state index is 0.0468. The Morgan fingerprint density at radius 3 is 1.90 bits per heavy atom. The molecule has 0 amide bonds. The van der Waals surface area contributed by atoms with Crippen molar-refractivity contribution in [3.05, 3.63) is 84.5 Å². The normalized spacial score (nSPS) is 18.6. The van der Waals surface area contributed by atoms with Crippen LogP contribution in [0.5, 0.6) is 0 Å². The molecule has 0 bridgehead atoms. The SMILES string of the molecule is CC/C=C\C/C=C\C/C=C\C/C=C\C/C=C\C/C=C\CCC=NS(=O)(=O)c1cc2c(s1)S(=O)(=O)N(C)C[C@@H]2NCC. The number of nitrogens with one attached hydrogen (secondary N) is 1. The summed E-state index contributed by atoms with van der Waals surface area (Å²) in [6.45, 7) is 4.97. The smallest absolute Gasteiger partial charge is 0.291 e. The van der Waals surface area contributed by atoms with Crippen LogP contribution in [0.15, 0.2) is 91.8 Å². The predicted octanol–water partition coefficient (Wildman–Crippen LogP) is 7.27. The summed E-state index contributed by atoms with van der Waals surface area (Å²) in [6.07, 6.45) is 34.0. The van der Waals surface area contributed by atoms with Crippen LogP contribution in [-0.2, 0) is 20.0 Å². The molecule has 0 aliphatic carbocycles. The molecule has 0 unspecified atom stereocenters. The highest BCUT2D eigenvalue weighted by molar-refractivity contribution is 7.94. The van der Waals surface area contributed by atoms with E-state index in [1.165, 1.54) is 23.6 Å². The molecule has 1 aromatic heterocycles. The minimum Gasteiger partial charge on any atom is -0.309 e. The average molecular weight is 620 g/mol. The first-order valence-corrected chi connectivity index (χ1v) is 18.0. The van der Waals surface area contributed by atoms with Gasteiger partial charge in [0, 0.05) is 31.4 Å². The standard InChI is InChI=1S/C31H45N3O4S3/c1-4-6-7-8-9-10-11-12-13-14-15-16-17-18-19-20-21-22-23-24-25-33-40(35,36)30-26-28-29(32-5-2)27-34(3)41(37,38)31(28)39-30/h6-7,9-10,12-13,15-16,18-19,21-22,25-26,29,32H,4-5,8,11,14,17,20,23-24,27H2,1-3H3/b7-6-,10-9-,13-12-,16-15-,19-18-,22-21-,33-25?/t29-/m0/s1. The molecule has 41 heavy (non-hydrogen) atoms. The van der Waals surface area contributed by atoms with Crippen LogP contribution in [0.25, 0.3) is 0 Å². The number of thiophene rings is 1. The van der Waals surface area contributed by atoms with Gasteiger partial charge in [0.05, 0.1) is 0 Å². The summed E-state index contributed by atoms with van der Waals surface area (Å²) in [4.78, 5) is 0. The molecular formula is C31H45N3O4S3. The van der Waals surface area contributed by atoms with Crippen molar-refractivity contribution in [1.29, 1.82) is 0 Å². The topological polar surface area (TPSA) is 95.9 Å². The van der Waals surface area contributed by atoms with Gasteiger partial charge in [-0.25, -0.2) is 8.42 Å². The van der Waals surface area contributed by atoms with Crippen LogP contribution >= 0.6 is 11.3 Å². The van der Waals surface area contributed by atoms with Gasteiger partial charge in [-0.3, -0.25) is 0 Å². The van der Waals surface area contributed by atoms with Crippen molar-refractivity contribution >= 4 is 37.6 Å². The summed E-state index contributed by atoms with van der Waals surface area (Å²) in [7, 11) is -6.15. The molecule has 0 aromatic carbocycles. The molecular weight excluding hydrogens is 575 g/mol. The third kappa shape index (κ3) is 12.2. The van der Waals surface area contributed by atoms with Crippen LogP contribution in [0.1, 0.15) is 76.8 Å². The molecule has 0 saturated carbocycles. The van der Waals surface area contributed by atoms with Crippen LogP contribution in [0, 0.1) is 0 Å². The molecule has 7 nitrogen and oxygen atoms in total. The largest absolute Gasteiger partial charge is 0.309 e. The highest BCUT2D eigenvalue weighted by Crippen LogP contribution is 2.40. The summed E-state index contributed by atoms with van der Waals surface area (Å²) in [5.41, 5.74) is 0.502. The van der Waals surface area contributed by atoms with E-state index >= 15 is 0 Å². The molecule has 10 heteroatoms. The van der Waals surface area contributed by atoms with E-state index in [2.05, 4.69) is 77.4 Å². The van der Waals surface area contributed by atoms with E-state index in [0.29, 0.717) is 24.9 Å². The number of hydrogen-bond donors (Lipinski definition) is 1. The Morgan fingerprint density at radius 1 is 0.878 bits per heavy atom. The van der Waals surface area contributed by atoms with Crippen molar-refractivity contribution in [3.8, 4) is 0 Å². The summed E-state index contributed by atoms with van der Waals surface area (Å²) >= 11 is 0.769. The first kappa shape index (κ1) is 34.8. The van der Waals surface area contributed by atoms with Crippen LogP contribution < -0.4 is 5.32 Å². The summed E-state index contributed by atoms with van der Waals surface area (Å²) < 4.78 is 56.0. The van der Waals surface area contributed by atoms with E-state index in [-0.39, 0.29) is 21.0 Å². The fourth-order valence-electron chi connectivity index (χ4n) is 3.97. The van der Waals surface area contributed by atoms with Gasteiger partial charge >= 0.3 is 0 Å². The summed E-state index contributed by atoms with van der Waals surface area (Å²) in [6, 6.07) is 1.20. The van der Waals surface area contributed by atoms with E-state index in [1.54, 1.807) is 0 Å². The van der Waals surface area contributed by atoms with Gasteiger partial charge in [-0.2, -0.15) is 17.1 Å². The van der Waals surface area contributed by atoms with E-state index in [1.807, 2.05) is 19.1 Å². The monoisotopic (exact) mass is 619 g/mol. The number of unbranched alkanes of at least 4 members (excludes halogenated alkanes) is 1. The lowest BCUT2D eigenvalue weighted by atomic mass is 10.1. The van der Waals surface area contributed by atoms with Gasteiger partial charge in [-0.1, -0.05) is 86.8 Å². The zero-order chi connectivity index (χ0) is 30.0. The van der Waals surface area contributed by atoms with Crippen LogP contribution in [-0.4, -0.2) is 47.5 Å². The third-order valence-electron chi connectivity index (χ3n) is 6.14. The number of allylic oxidation sites excluding steroid dienone is 12. The molecule has 2 heterocycles. The first-order valence-electron chi connectivity index (χ1n) is 14.3. The van der Waals surface area contributed by atoms with E-state index in [4.69, 9.17) is 0 Å².